The molecule has 0 heterocycles. The highest BCUT2D eigenvalue weighted by molar-refractivity contribution is 7.93. The van der Waals surface area contributed by atoms with Gasteiger partial charge < -0.3 is 0 Å². The quantitative estimate of drug-likeness (QED) is 0.840. The second-order valence-corrected chi connectivity index (χ2v) is 10.1. The van der Waals surface area contributed by atoms with Gasteiger partial charge in [0.1, 0.15) is 0 Å². The molecule has 0 aromatic heterocycles. The zero-order valence-electron chi connectivity index (χ0n) is 10.6. The lowest BCUT2D eigenvalue weighted by Gasteiger charge is -2.20. The molecule has 0 amide bonds. The zero-order valence-corrected chi connectivity index (χ0v) is 12.9. The number of rotatable bonds is 2. The van der Waals surface area contributed by atoms with E-state index in [9.17, 15) is 16.8 Å². The molecule has 18 heavy (non-hydrogen) atoms. The van der Waals surface area contributed by atoms with Gasteiger partial charge in [-0.3, -0.25) is 0 Å². The van der Waals surface area contributed by atoms with E-state index < -0.39 is 24.4 Å². The van der Waals surface area contributed by atoms with E-state index in [0.29, 0.717) is 0 Å². The first-order chi connectivity index (χ1) is 7.87. The van der Waals surface area contributed by atoms with Crippen molar-refractivity contribution in [3.8, 4) is 0 Å². The molecule has 0 aliphatic carbocycles. The normalized spacial score (nSPS) is 13.6. The maximum Gasteiger partial charge on any atom is 0.184 e. The molecule has 4 nitrogen and oxygen atoms in total. The molecule has 0 radical (unpaired) electrons. The third kappa shape index (κ3) is 2.87. The molecule has 0 aliphatic rings. The summed E-state index contributed by atoms with van der Waals surface area (Å²) in [5.41, 5.74) is 0. The van der Waals surface area contributed by atoms with Crippen LogP contribution in [-0.4, -0.2) is 27.8 Å². The van der Waals surface area contributed by atoms with E-state index in [4.69, 9.17) is 11.6 Å². The molecule has 1 aromatic rings. The van der Waals surface area contributed by atoms with Crippen molar-refractivity contribution in [1.82, 2.24) is 0 Å². The van der Waals surface area contributed by atoms with Crippen LogP contribution in [0.2, 0.25) is 5.02 Å². The Hall–Kier alpha value is -0.590. The standard InChI is InChI=1S/C11H15ClO4S2/c1-11(2,3)18(15,16)10-7-8(17(4,13)14)5-6-9(10)12/h5-7H,1-4H3. The summed E-state index contributed by atoms with van der Waals surface area (Å²) in [6.45, 7) is 4.60. The molecule has 0 fully saturated rings. The SMILES string of the molecule is CC(C)(C)S(=O)(=O)c1cc(S(C)(=O)=O)ccc1Cl. The Morgan fingerprint density at radius 1 is 1.06 bits per heavy atom. The van der Waals surface area contributed by atoms with Gasteiger partial charge in [-0.1, -0.05) is 11.6 Å². The molecule has 7 heteroatoms. The van der Waals surface area contributed by atoms with Crippen LogP contribution < -0.4 is 0 Å². The molecule has 0 saturated heterocycles. The van der Waals surface area contributed by atoms with E-state index in [2.05, 4.69) is 0 Å². The van der Waals surface area contributed by atoms with Crippen molar-refractivity contribution >= 4 is 31.3 Å². The molecule has 0 unspecified atom stereocenters. The minimum atomic E-state index is -3.69. The van der Waals surface area contributed by atoms with E-state index in [-0.39, 0.29) is 14.8 Å². The summed E-state index contributed by atoms with van der Waals surface area (Å²) in [4.78, 5) is -0.214. The molecule has 1 aromatic carbocycles. The Morgan fingerprint density at radius 2 is 1.56 bits per heavy atom. The summed E-state index contributed by atoms with van der Waals surface area (Å²) < 4.78 is 46.4. The van der Waals surface area contributed by atoms with Gasteiger partial charge in [0.15, 0.2) is 19.7 Å². The van der Waals surface area contributed by atoms with E-state index in [1.807, 2.05) is 0 Å². The van der Waals surface area contributed by atoms with Gasteiger partial charge in [0.05, 0.1) is 19.6 Å². The Morgan fingerprint density at radius 3 is 1.94 bits per heavy atom. The number of sulfone groups is 2. The fourth-order valence-electron chi connectivity index (χ4n) is 1.25. The summed E-state index contributed by atoms with van der Waals surface area (Å²) in [6.07, 6.45) is 1.02. The highest BCUT2D eigenvalue weighted by Crippen LogP contribution is 2.32. The van der Waals surface area contributed by atoms with Crippen LogP contribution in [-0.2, 0) is 19.7 Å². The lowest BCUT2D eigenvalue weighted by molar-refractivity contribution is 0.560. The minimum absolute atomic E-state index is 0.0253. The van der Waals surface area contributed by atoms with Gasteiger partial charge in [0, 0.05) is 6.26 Å². The first-order valence-electron chi connectivity index (χ1n) is 5.11. The van der Waals surface area contributed by atoms with E-state index in [1.54, 1.807) is 0 Å². The van der Waals surface area contributed by atoms with Crippen LogP contribution in [0.5, 0.6) is 0 Å². The highest BCUT2D eigenvalue weighted by atomic mass is 35.5. The van der Waals surface area contributed by atoms with Crippen LogP contribution in [0.25, 0.3) is 0 Å². The predicted octanol–water partition coefficient (Wildman–Crippen LogP) is 2.32. The van der Waals surface area contributed by atoms with Crippen LogP contribution in [0.15, 0.2) is 28.0 Å². The first kappa shape index (κ1) is 15.5. The van der Waals surface area contributed by atoms with Crippen molar-refractivity contribution in [2.24, 2.45) is 0 Å². The van der Waals surface area contributed by atoms with Gasteiger partial charge in [-0.25, -0.2) is 16.8 Å². The largest absolute Gasteiger partial charge is 0.224 e. The van der Waals surface area contributed by atoms with Crippen molar-refractivity contribution in [1.29, 1.82) is 0 Å². The van der Waals surface area contributed by atoms with Crippen LogP contribution in [0, 0.1) is 0 Å². The van der Waals surface area contributed by atoms with Gasteiger partial charge in [0.25, 0.3) is 0 Å². The third-order valence-corrected chi connectivity index (χ3v) is 6.51. The average Bonchev–Trinajstić information content (AvgIpc) is 2.14. The molecule has 0 N–H and O–H groups in total. The van der Waals surface area contributed by atoms with Gasteiger partial charge in [0.2, 0.25) is 0 Å². The predicted molar refractivity (Wildman–Crippen MR) is 71.5 cm³/mol. The lowest BCUT2D eigenvalue weighted by atomic mass is 10.3. The van der Waals surface area contributed by atoms with Gasteiger partial charge in [-0.2, -0.15) is 0 Å². The average molecular weight is 311 g/mol. The lowest BCUT2D eigenvalue weighted by Crippen LogP contribution is -2.28. The second kappa shape index (κ2) is 4.51. The molecule has 0 aliphatic heterocycles. The molecule has 0 bridgehead atoms. The van der Waals surface area contributed by atoms with Crippen molar-refractivity contribution < 1.29 is 16.8 Å². The van der Waals surface area contributed by atoms with Crippen molar-refractivity contribution in [3.05, 3.63) is 23.2 Å². The number of halogens is 1. The van der Waals surface area contributed by atoms with Crippen molar-refractivity contribution in [3.63, 3.8) is 0 Å². The first-order valence-corrected chi connectivity index (χ1v) is 8.87. The molecular weight excluding hydrogens is 296 g/mol. The number of benzene rings is 1. The maximum absolute atomic E-state index is 12.3. The fourth-order valence-corrected chi connectivity index (χ4v) is 3.66. The second-order valence-electron chi connectivity index (χ2n) is 4.98. The Kier molecular flexibility index (Phi) is 3.87. The Bertz CT molecular complexity index is 667. The molecule has 0 saturated carbocycles. The minimum Gasteiger partial charge on any atom is -0.224 e. The van der Waals surface area contributed by atoms with Crippen LogP contribution in [0.3, 0.4) is 0 Å². The van der Waals surface area contributed by atoms with Gasteiger partial charge in [-0.05, 0) is 39.0 Å². The van der Waals surface area contributed by atoms with Crippen molar-refractivity contribution in [2.45, 2.75) is 35.3 Å². The number of hydrogen-bond acceptors (Lipinski definition) is 4. The van der Waals surface area contributed by atoms with E-state index in [0.717, 1.165) is 12.3 Å². The van der Waals surface area contributed by atoms with E-state index in [1.165, 1.54) is 32.9 Å². The molecule has 0 atom stereocenters. The summed E-state index contributed by atoms with van der Waals surface area (Å²) in [5, 5.41) is 0.0253. The summed E-state index contributed by atoms with van der Waals surface area (Å²) >= 11 is 5.86. The molecule has 1 rings (SSSR count). The molecule has 102 valence electrons. The van der Waals surface area contributed by atoms with Crippen LogP contribution >= 0.6 is 11.6 Å². The van der Waals surface area contributed by atoms with Gasteiger partial charge in [-0.15, -0.1) is 0 Å². The molecular formula is C11H15ClO4S2. The van der Waals surface area contributed by atoms with Gasteiger partial charge >= 0.3 is 0 Å². The smallest absolute Gasteiger partial charge is 0.184 e. The third-order valence-electron chi connectivity index (χ3n) is 2.43. The van der Waals surface area contributed by atoms with E-state index >= 15 is 0 Å². The monoisotopic (exact) mass is 310 g/mol. The summed E-state index contributed by atoms with van der Waals surface area (Å²) in [5.74, 6) is 0. The Labute approximate surface area is 113 Å². The number of hydrogen-bond donors (Lipinski definition) is 0. The summed E-state index contributed by atoms with van der Waals surface area (Å²) in [7, 11) is -7.16. The molecule has 0 spiro atoms. The summed E-state index contributed by atoms with van der Waals surface area (Å²) in [6, 6.07) is 3.69. The van der Waals surface area contributed by atoms with Crippen LogP contribution in [0.4, 0.5) is 0 Å². The zero-order chi connectivity index (χ0) is 14.4. The fraction of sp³-hybridized carbons (Fsp3) is 0.455. The van der Waals surface area contributed by atoms with Crippen LogP contribution in [0.1, 0.15) is 20.8 Å². The highest BCUT2D eigenvalue weighted by Gasteiger charge is 2.33. The topological polar surface area (TPSA) is 68.3 Å². The maximum atomic E-state index is 12.3. The Balaban J connectivity index is 3.63. The van der Waals surface area contributed by atoms with Crippen molar-refractivity contribution in [2.75, 3.05) is 6.26 Å².